The van der Waals surface area contributed by atoms with E-state index in [0.717, 1.165) is 6.07 Å². The van der Waals surface area contributed by atoms with Gasteiger partial charge < -0.3 is 10.5 Å². The Bertz CT molecular complexity index is 391. The molecule has 74 valence electrons. The predicted molar refractivity (Wildman–Crippen MR) is 47.7 cm³/mol. The fourth-order valence-corrected chi connectivity index (χ4v) is 1.14. The second-order valence-electron chi connectivity index (χ2n) is 2.21. The molecule has 0 atom stereocenters. The highest BCUT2D eigenvalue weighted by atomic mass is 79.9. The standard InChI is InChI=1S/C7H4BrF2N3O/c8-6-5(14-7(9)10)1-3(12)4(2-11)13-6/h1,7H,12H2. The molecule has 1 aromatic heterocycles. The zero-order chi connectivity index (χ0) is 10.7. The lowest BCUT2D eigenvalue weighted by Crippen LogP contribution is -2.05. The third kappa shape index (κ3) is 2.29. The number of alkyl halides is 2. The number of nitrogens with two attached hydrogens (primary N) is 1. The van der Waals surface area contributed by atoms with Crippen molar-refractivity contribution in [3.05, 3.63) is 16.4 Å². The molecule has 0 aliphatic heterocycles. The summed E-state index contributed by atoms with van der Waals surface area (Å²) in [6, 6.07) is 2.82. The topological polar surface area (TPSA) is 71.9 Å². The van der Waals surface area contributed by atoms with Crippen LogP contribution in [-0.2, 0) is 0 Å². The molecule has 0 aliphatic rings. The fourth-order valence-electron chi connectivity index (χ4n) is 0.755. The lowest BCUT2D eigenvalue weighted by molar-refractivity contribution is -0.0505. The van der Waals surface area contributed by atoms with Gasteiger partial charge in [-0.1, -0.05) is 0 Å². The molecule has 4 nitrogen and oxygen atoms in total. The van der Waals surface area contributed by atoms with Gasteiger partial charge in [-0.25, -0.2) is 4.98 Å². The van der Waals surface area contributed by atoms with Crippen LogP contribution in [0.5, 0.6) is 5.75 Å². The zero-order valence-electron chi connectivity index (χ0n) is 6.67. The minimum atomic E-state index is -2.96. The van der Waals surface area contributed by atoms with Gasteiger partial charge in [0.2, 0.25) is 0 Å². The molecule has 14 heavy (non-hydrogen) atoms. The van der Waals surface area contributed by atoms with Crippen LogP contribution in [0.2, 0.25) is 0 Å². The minimum absolute atomic E-state index is 0.00801. The summed E-state index contributed by atoms with van der Waals surface area (Å²) in [6.07, 6.45) is 0. The van der Waals surface area contributed by atoms with Gasteiger partial charge in [-0.15, -0.1) is 0 Å². The molecule has 0 fully saturated rings. The Morgan fingerprint density at radius 2 is 2.29 bits per heavy atom. The van der Waals surface area contributed by atoms with Crippen LogP contribution in [0.4, 0.5) is 14.5 Å². The third-order valence-electron chi connectivity index (χ3n) is 1.30. The quantitative estimate of drug-likeness (QED) is 0.828. The summed E-state index contributed by atoms with van der Waals surface area (Å²) in [5, 5.41) is 8.51. The first-order chi connectivity index (χ1) is 6.54. The second kappa shape index (κ2) is 4.19. The van der Waals surface area contributed by atoms with Crippen molar-refractivity contribution < 1.29 is 13.5 Å². The number of halogens is 3. The summed E-state index contributed by atoms with van der Waals surface area (Å²) in [4.78, 5) is 3.62. The van der Waals surface area contributed by atoms with E-state index in [4.69, 9.17) is 11.0 Å². The van der Waals surface area contributed by atoms with Gasteiger partial charge in [0.1, 0.15) is 10.7 Å². The summed E-state index contributed by atoms with van der Waals surface area (Å²) in [5.41, 5.74) is 5.29. The SMILES string of the molecule is N#Cc1nc(Br)c(OC(F)F)cc1N. The average Bonchev–Trinajstić information content (AvgIpc) is 2.10. The van der Waals surface area contributed by atoms with Crippen LogP contribution < -0.4 is 10.5 Å². The Balaban J connectivity index is 3.10. The summed E-state index contributed by atoms with van der Waals surface area (Å²) in [5.74, 6) is -0.198. The van der Waals surface area contributed by atoms with Gasteiger partial charge in [-0.3, -0.25) is 0 Å². The van der Waals surface area contributed by atoms with Gasteiger partial charge in [0.25, 0.3) is 0 Å². The van der Waals surface area contributed by atoms with Crippen LogP contribution in [0.1, 0.15) is 5.69 Å². The number of pyridine rings is 1. The van der Waals surface area contributed by atoms with Crippen molar-refractivity contribution in [2.24, 2.45) is 0 Å². The number of nitrogens with zero attached hydrogens (tertiary/aromatic N) is 2. The van der Waals surface area contributed by atoms with Crippen molar-refractivity contribution in [3.63, 3.8) is 0 Å². The van der Waals surface area contributed by atoms with Gasteiger partial charge >= 0.3 is 6.61 Å². The van der Waals surface area contributed by atoms with Gasteiger partial charge in [-0.2, -0.15) is 14.0 Å². The maximum absolute atomic E-state index is 11.8. The number of hydrogen-bond donors (Lipinski definition) is 1. The van der Waals surface area contributed by atoms with E-state index in [1.54, 1.807) is 6.07 Å². The van der Waals surface area contributed by atoms with Gasteiger partial charge in [-0.05, 0) is 15.9 Å². The Kier molecular flexibility index (Phi) is 3.19. The molecular weight excluding hydrogens is 260 g/mol. The van der Waals surface area contributed by atoms with Gasteiger partial charge in [0.15, 0.2) is 11.4 Å². The molecular formula is C7H4BrF2N3O. The zero-order valence-corrected chi connectivity index (χ0v) is 8.25. The molecule has 0 radical (unpaired) electrons. The van der Waals surface area contributed by atoms with E-state index in [-0.39, 0.29) is 21.7 Å². The maximum atomic E-state index is 11.8. The Morgan fingerprint density at radius 3 is 2.79 bits per heavy atom. The molecule has 0 saturated carbocycles. The summed E-state index contributed by atoms with van der Waals surface area (Å²) in [7, 11) is 0. The summed E-state index contributed by atoms with van der Waals surface area (Å²) >= 11 is 2.87. The van der Waals surface area contributed by atoms with Gasteiger partial charge in [0, 0.05) is 6.07 Å². The lowest BCUT2D eigenvalue weighted by Gasteiger charge is -2.07. The third-order valence-corrected chi connectivity index (χ3v) is 1.86. The van der Waals surface area contributed by atoms with E-state index in [9.17, 15) is 8.78 Å². The normalized spacial score (nSPS) is 9.93. The van der Waals surface area contributed by atoms with E-state index >= 15 is 0 Å². The Morgan fingerprint density at radius 1 is 1.64 bits per heavy atom. The fraction of sp³-hybridized carbons (Fsp3) is 0.143. The number of nitriles is 1. The van der Waals surface area contributed by atoms with E-state index in [1.165, 1.54) is 0 Å². The van der Waals surface area contributed by atoms with Crippen molar-refractivity contribution in [1.29, 1.82) is 5.26 Å². The molecule has 0 aliphatic carbocycles. The highest BCUT2D eigenvalue weighted by Gasteiger charge is 2.12. The van der Waals surface area contributed by atoms with E-state index in [2.05, 4.69) is 25.7 Å². The largest absolute Gasteiger partial charge is 0.432 e. The number of aromatic nitrogens is 1. The molecule has 0 bridgehead atoms. The van der Waals surface area contributed by atoms with Crippen LogP contribution in [0.15, 0.2) is 10.7 Å². The monoisotopic (exact) mass is 263 g/mol. The molecule has 0 aromatic carbocycles. The van der Waals surface area contributed by atoms with Crippen molar-refractivity contribution in [2.75, 3.05) is 5.73 Å². The van der Waals surface area contributed by atoms with Crippen LogP contribution >= 0.6 is 15.9 Å². The summed E-state index contributed by atoms with van der Waals surface area (Å²) in [6.45, 7) is -2.96. The Labute approximate surface area is 86.4 Å². The second-order valence-corrected chi connectivity index (χ2v) is 2.96. The first-order valence-electron chi connectivity index (χ1n) is 3.35. The molecule has 0 unspecified atom stereocenters. The average molecular weight is 264 g/mol. The summed E-state index contributed by atoms with van der Waals surface area (Å²) < 4.78 is 27.8. The van der Waals surface area contributed by atoms with E-state index < -0.39 is 6.61 Å². The molecule has 7 heteroatoms. The highest BCUT2D eigenvalue weighted by molar-refractivity contribution is 9.10. The first kappa shape index (κ1) is 10.7. The molecule has 1 heterocycles. The van der Waals surface area contributed by atoms with Crippen molar-refractivity contribution in [1.82, 2.24) is 4.98 Å². The minimum Gasteiger partial charge on any atom is -0.432 e. The molecule has 2 N–H and O–H groups in total. The lowest BCUT2D eigenvalue weighted by atomic mass is 10.3. The predicted octanol–water partition coefficient (Wildman–Crippen LogP) is 1.90. The Hall–Kier alpha value is -1.42. The van der Waals surface area contributed by atoms with Crippen molar-refractivity contribution >= 4 is 21.6 Å². The molecule has 0 saturated heterocycles. The van der Waals surface area contributed by atoms with Crippen LogP contribution in [-0.4, -0.2) is 11.6 Å². The van der Waals surface area contributed by atoms with Crippen molar-refractivity contribution in [3.8, 4) is 11.8 Å². The molecule has 0 amide bonds. The number of hydrogen-bond acceptors (Lipinski definition) is 4. The van der Waals surface area contributed by atoms with Crippen LogP contribution in [0, 0.1) is 11.3 Å². The highest BCUT2D eigenvalue weighted by Crippen LogP contribution is 2.27. The molecule has 1 rings (SSSR count). The van der Waals surface area contributed by atoms with Crippen LogP contribution in [0.25, 0.3) is 0 Å². The smallest absolute Gasteiger partial charge is 0.387 e. The van der Waals surface area contributed by atoms with E-state index in [1.807, 2.05) is 0 Å². The number of nitrogen functional groups attached to an aromatic ring is 1. The van der Waals surface area contributed by atoms with E-state index in [0.29, 0.717) is 0 Å². The first-order valence-corrected chi connectivity index (χ1v) is 4.15. The molecule has 1 aromatic rings. The van der Waals surface area contributed by atoms with Crippen LogP contribution in [0.3, 0.4) is 0 Å². The number of ether oxygens (including phenoxy) is 1. The van der Waals surface area contributed by atoms with Crippen molar-refractivity contribution in [2.45, 2.75) is 6.61 Å². The molecule has 0 spiro atoms. The van der Waals surface area contributed by atoms with Gasteiger partial charge in [0.05, 0.1) is 5.69 Å². The number of anilines is 1. The maximum Gasteiger partial charge on any atom is 0.387 e. The number of rotatable bonds is 2.